The van der Waals surface area contributed by atoms with Gasteiger partial charge in [0, 0.05) is 25.6 Å². The van der Waals surface area contributed by atoms with Crippen molar-refractivity contribution in [3.8, 4) is 0 Å². The Kier molecular flexibility index (Phi) is 4.77. The lowest BCUT2D eigenvalue weighted by molar-refractivity contribution is 0.0395. The van der Waals surface area contributed by atoms with Crippen molar-refractivity contribution in [2.45, 2.75) is 83.7 Å². The SMILES string of the molecule is Cc1c(C(=O)N2CCCC3CCCCC32)sc2nc3n(c(=O)c12)CCCCC3. The molecule has 1 saturated carbocycles. The molecule has 2 aromatic rings. The number of rotatable bonds is 1. The molecule has 0 radical (unpaired) electrons. The van der Waals surface area contributed by atoms with Crippen LogP contribution >= 0.6 is 11.3 Å². The largest absolute Gasteiger partial charge is 0.335 e. The number of carbonyl (C=O) groups excluding carboxylic acids is 1. The molecule has 2 atom stereocenters. The zero-order valence-electron chi connectivity index (χ0n) is 16.7. The average Bonchev–Trinajstić information content (AvgIpc) is 2.88. The van der Waals surface area contributed by atoms with Gasteiger partial charge in [-0.05, 0) is 56.9 Å². The highest BCUT2D eigenvalue weighted by Crippen LogP contribution is 2.37. The number of aryl methyl sites for hydroxylation is 2. The molecule has 2 aromatic heterocycles. The van der Waals surface area contributed by atoms with E-state index in [2.05, 4.69) is 4.90 Å². The predicted octanol–water partition coefficient (Wildman–Crippen LogP) is 4.29. The maximum Gasteiger partial charge on any atom is 0.264 e. The third-order valence-electron chi connectivity index (χ3n) is 7.11. The van der Waals surface area contributed by atoms with Crippen LogP contribution in [0.25, 0.3) is 10.2 Å². The lowest BCUT2D eigenvalue weighted by Crippen LogP contribution is -2.49. The van der Waals surface area contributed by atoms with Crippen molar-refractivity contribution in [3.63, 3.8) is 0 Å². The molecular weight excluding hydrogens is 370 g/mol. The highest BCUT2D eigenvalue weighted by Gasteiger charge is 2.37. The Labute approximate surface area is 169 Å². The van der Waals surface area contributed by atoms with Crippen LogP contribution in [0.15, 0.2) is 4.79 Å². The smallest absolute Gasteiger partial charge is 0.264 e. The molecular formula is C22H29N3O2S. The van der Waals surface area contributed by atoms with Crippen LogP contribution in [0.4, 0.5) is 0 Å². The fourth-order valence-corrected chi connectivity index (χ4v) is 6.77. The number of amides is 1. The van der Waals surface area contributed by atoms with Gasteiger partial charge >= 0.3 is 0 Å². The molecule has 0 aromatic carbocycles. The summed E-state index contributed by atoms with van der Waals surface area (Å²) in [5.41, 5.74) is 0.906. The van der Waals surface area contributed by atoms with Crippen molar-refractivity contribution < 1.29 is 4.79 Å². The van der Waals surface area contributed by atoms with E-state index in [-0.39, 0.29) is 11.5 Å². The van der Waals surface area contributed by atoms with Gasteiger partial charge in [-0.2, -0.15) is 0 Å². The highest BCUT2D eigenvalue weighted by molar-refractivity contribution is 7.20. The highest BCUT2D eigenvalue weighted by atomic mass is 32.1. The molecule has 28 heavy (non-hydrogen) atoms. The number of nitrogens with zero attached hydrogens (tertiary/aromatic N) is 3. The summed E-state index contributed by atoms with van der Waals surface area (Å²) < 4.78 is 1.86. The molecule has 2 fully saturated rings. The summed E-state index contributed by atoms with van der Waals surface area (Å²) in [6.07, 6.45) is 11.4. The van der Waals surface area contributed by atoms with E-state index >= 15 is 0 Å². The van der Waals surface area contributed by atoms with Crippen LogP contribution in [0.2, 0.25) is 0 Å². The molecule has 6 heteroatoms. The van der Waals surface area contributed by atoms with Gasteiger partial charge in [0.15, 0.2) is 0 Å². The van der Waals surface area contributed by atoms with E-state index in [0.717, 1.165) is 72.7 Å². The average molecular weight is 400 g/mol. The van der Waals surface area contributed by atoms with Crippen molar-refractivity contribution in [1.29, 1.82) is 0 Å². The second-order valence-corrected chi connectivity index (χ2v) is 9.78. The van der Waals surface area contributed by atoms with E-state index in [1.165, 1.54) is 37.0 Å². The second-order valence-electron chi connectivity index (χ2n) is 8.78. The molecule has 5 rings (SSSR count). The van der Waals surface area contributed by atoms with Crippen LogP contribution in [0.5, 0.6) is 0 Å². The van der Waals surface area contributed by atoms with Gasteiger partial charge in [0.1, 0.15) is 10.7 Å². The first kappa shape index (κ1) is 18.3. The first-order valence-corrected chi connectivity index (χ1v) is 11.8. The van der Waals surface area contributed by atoms with Crippen molar-refractivity contribution >= 4 is 27.5 Å². The van der Waals surface area contributed by atoms with E-state index in [9.17, 15) is 9.59 Å². The normalized spacial score (nSPS) is 25.2. The molecule has 1 amide bonds. The summed E-state index contributed by atoms with van der Waals surface area (Å²) in [6, 6.07) is 0.394. The Morgan fingerprint density at radius 1 is 1.04 bits per heavy atom. The molecule has 0 spiro atoms. The molecule has 1 aliphatic carbocycles. The fourth-order valence-electron chi connectivity index (χ4n) is 5.62. The van der Waals surface area contributed by atoms with Crippen LogP contribution in [0.1, 0.15) is 78.8 Å². The van der Waals surface area contributed by atoms with Gasteiger partial charge in [-0.1, -0.05) is 19.3 Å². The summed E-state index contributed by atoms with van der Waals surface area (Å²) in [7, 11) is 0. The van der Waals surface area contributed by atoms with E-state index in [1.807, 2.05) is 11.5 Å². The molecule has 2 unspecified atom stereocenters. The Balaban J connectivity index is 1.56. The molecule has 0 bridgehead atoms. The van der Waals surface area contributed by atoms with Crippen molar-refractivity contribution in [1.82, 2.24) is 14.5 Å². The minimum absolute atomic E-state index is 0.0592. The first-order valence-electron chi connectivity index (χ1n) is 11.0. The molecule has 2 aliphatic heterocycles. The Bertz CT molecular complexity index is 974. The second kappa shape index (κ2) is 7.29. The zero-order chi connectivity index (χ0) is 19.3. The summed E-state index contributed by atoms with van der Waals surface area (Å²) in [6.45, 7) is 3.56. The van der Waals surface area contributed by atoms with Gasteiger partial charge in [0.2, 0.25) is 0 Å². The van der Waals surface area contributed by atoms with Gasteiger partial charge in [-0.25, -0.2) is 4.98 Å². The summed E-state index contributed by atoms with van der Waals surface area (Å²) in [4.78, 5) is 35.2. The quantitative estimate of drug-likeness (QED) is 0.719. The third-order valence-corrected chi connectivity index (χ3v) is 8.28. The Hall–Kier alpha value is -1.69. The number of carbonyl (C=O) groups is 1. The molecule has 5 nitrogen and oxygen atoms in total. The lowest BCUT2D eigenvalue weighted by atomic mass is 9.78. The van der Waals surface area contributed by atoms with Crippen molar-refractivity contribution in [2.24, 2.45) is 5.92 Å². The fraction of sp³-hybridized carbons (Fsp3) is 0.682. The van der Waals surface area contributed by atoms with Gasteiger partial charge < -0.3 is 4.90 Å². The van der Waals surface area contributed by atoms with E-state index in [1.54, 1.807) is 0 Å². The standard InChI is InChI=1S/C22H29N3O2S/c1-14-18-20(23-17-11-3-2-6-12-25(17)21(18)26)28-19(14)22(27)24-13-7-9-15-8-4-5-10-16(15)24/h15-16H,2-13H2,1H3. The van der Waals surface area contributed by atoms with Crippen LogP contribution in [-0.4, -0.2) is 32.9 Å². The molecule has 1 saturated heterocycles. The summed E-state index contributed by atoms with van der Waals surface area (Å²) in [5.74, 6) is 1.71. The number of hydrogen-bond acceptors (Lipinski definition) is 4. The number of thiophene rings is 1. The topological polar surface area (TPSA) is 55.2 Å². The van der Waals surface area contributed by atoms with Gasteiger partial charge in [-0.3, -0.25) is 14.2 Å². The van der Waals surface area contributed by atoms with Gasteiger partial charge in [0.25, 0.3) is 11.5 Å². The summed E-state index contributed by atoms with van der Waals surface area (Å²) >= 11 is 1.44. The third kappa shape index (κ3) is 2.92. The molecule has 150 valence electrons. The zero-order valence-corrected chi connectivity index (χ0v) is 17.5. The lowest BCUT2D eigenvalue weighted by Gasteiger charge is -2.44. The van der Waals surface area contributed by atoms with Crippen LogP contribution in [-0.2, 0) is 13.0 Å². The number of hydrogen-bond donors (Lipinski definition) is 0. The number of fused-ring (bicyclic) bond motifs is 3. The van der Waals surface area contributed by atoms with Gasteiger partial charge in [-0.15, -0.1) is 11.3 Å². The maximum absolute atomic E-state index is 13.5. The van der Waals surface area contributed by atoms with Crippen LogP contribution in [0.3, 0.4) is 0 Å². The van der Waals surface area contributed by atoms with Crippen LogP contribution in [0, 0.1) is 12.8 Å². The minimum Gasteiger partial charge on any atom is -0.335 e. The Morgan fingerprint density at radius 3 is 2.75 bits per heavy atom. The molecule has 3 aliphatic rings. The molecule has 0 N–H and O–H groups in total. The number of piperidine rings is 1. The van der Waals surface area contributed by atoms with E-state index in [4.69, 9.17) is 4.98 Å². The van der Waals surface area contributed by atoms with Crippen LogP contribution < -0.4 is 5.56 Å². The Morgan fingerprint density at radius 2 is 1.86 bits per heavy atom. The monoisotopic (exact) mass is 399 g/mol. The predicted molar refractivity (Wildman–Crippen MR) is 112 cm³/mol. The van der Waals surface area contributed by atoms with Crippen molar-refractivity contribution in [3.05, 3.63) is 26.6 Å². The maximum atomic E-state index is 13.5. The summed E-state index contributed by atoms with van der Waals surface area (Å²) in [5, 5.41) is 0.677. The van der Waals surface area contributed by atoms with E-state index < -0.39 is 0 Å². The number of aromatic nitrogens is 2. The minimum atomic E-state index is 0.0592. The first-order chi connectivity index (χ1) is 13.6. The van der Waals surface area contributed by atoms with Crippen molar-refractivity contribution in [2.75, 3.05) is 6.54 Å². The van der Waals surface area contributed by atoms with E-state index in [0.29, 0.717) is 17.3 Å². The van der Waals surface area contributed by atoms with Gasteiger partial charge in [0.05, 0.1) is 10.3 Å². The number of likely N-dealkylation sites (tertiary alicyclic amines) is 1. The molecule has 4 heterocycles.